The van der Waals surface area contributed by atoms with Gasteiger partial charge in [-0.2, -0.15) is 10.1 Å². The molecule has 0 spiro atoms. The number of nitrogens with zero attached hydrogens (tertiary/aromatic N) is 5. The normalized spacial score (nSPS) is 24.2. The van der Waals surface area contributed by atoms with Gasteiger partial charge >= 0.3 is 5.97 Å². The molecule has 10 rings (SSSR count). The van der Waals surface area contributed by atoms with Crippen molar-refractivity contribution in [1.29, 1.82) is 0 Å². The van der Waals surface area contributed by atoms with E-state index in [-0.39, 0.29) is 22.9 Å². The molecular weight excluding hydrogens is 671 g/mol. The second-order valence-electron chi connectivity index (χ2n) is 16.7. The monoisotopic (exact) mass is 715 g/mol. The number of carbonyl (C=O) groups excluding carboxylic acids is 2. The van der Waals surface area contributed by atoms with Crippen LogP contribution in [0.25, 0.3) is 21.5 Å². The highest BCUT2D eigenvalue weighted by molar-refractivity contribution is 7.22. The van der Waals surface area contributed by atoms with E-state index in [1.165, 1.54) is 49.9 Å². The molecule has 4 bridgehead atoms. The highest BCUT2D eigenvalue weighted by Crippen LogP contribution is 2.64. The number of ether oxygens (including phenoxy) is 1. The summed E-state index contributed by atoms with van der Waals surface area (Å²) >= 11 is 1.40. The zero-order valence-corrected chi connectivity index (χ0v) is 31.1. The number of rotatable bonds is 7. The molecule has 4 saturated carbocycles. The second-order valence-corrected chi connectivity index (χ2v) is 17.7. The number of amides is 1. The Bertz CT molecular complexity index is 2130. The Morgan fingerprint density at radius 1 is 1.00 bits per heavy atom. The molecule has 10 nitrogen and oxygen atoms in total. The highest BCUT2D eigenvalue weighted by atomic mass is 32.1. The lowest BCUT2D eigenvalue weighted by Gasteiger charge is -2.59. The molecule has 1 atom stereocenters. The van der Waals surface area contributed by atoms with Crippen molar-refractivity contribution in [3.8, 4) is 11.1 Å². The van der Waals surface area contributed by atoms with Crippen LogP contribution in [-0.2, 0) is 17.7 Å². The van der Waals surface area contributed by atoms with Crippen molar-refractivity contribution in [3.05, 3.63) is 82.9 Å². The molecule has 11 heteroatoms. The van der Waals surface area contributed by atoms with Crippen molar-refractivity contribution in [2.45, 2.75) is 90.7 Å². The summed E-state index contributed by atoms with van der Waals surface area (Å²) in [7, 11) is 0. The fourth-order valence-electron chi connectivity index (χ4n) is 10.2. The molecule has 5 heterocycles. The van der Waals surface area contributed by atoms with Crippen molar-refractivity contribution in [1.82, 2.24) is 25.1 Å². The zero-order chi connectivity index (χ0) is 35.8. The summed E-state index contributed by atoms with van der Waals surface area (Å²) < 4.78 is 6.89. The number of fused-ring (bicyclic) bond motifs is 2. The van der Waals surface area contributed by atoms with Gasteiger partial charge in [-0.25, -0.2) is 14.8 Å². The largest absolute Gasteiger partial charge is 0.455 e. The standard InChI is InChI=1S/C41H45N7O3S/c1-23(41-18-24-15-25(19-41)17-26(16-24)20-41)34-30(21-43-47-34)28-10-11-33(44-35(28)38(50)51-40(2,3)4)48-14-12-27-7-5-8-29(31(27)22-48)37(49)46-39-45-36-32(52-39)9-6-13-42-36/h5-11,13,21,23-26H,12,14-20,22H2,1-4H3,(H,43,47)(H,42,45,46,49). The molecule has 2 N–H and O–H groups in total. The van der Waals surface area contributed by atoms with Gasteiger partial charge in [0, 0.05) is 47.6 Å². The van der Waals surface area contributed by atoms with Crippen LogP contribution < -0.4 is 10.2 Å². The zero-order valence-electron chi connectivity index (χ0n) is 30.2. The minimum absolute atomic E-state index is 0.212. The quantitative estimate of drug-likeness (QED) is 0.161. The Labute approximate surface area is 307 Å². The maximum Gasteiger partial charge on any atom is 0.358 e. The lowest BCUT2D eigenvalue weighted by molar-refractivity contribution is -0.0661. The first-order chi connectivity index (χ1) is 25.0. The molecular formula is C41H45N7O3S. The summed E-state index contributed by atoms with van der Waals surface area (Å²) in [5, 5.41) is 11.5. The van der Waals surface area contributed by atoms with E-state index in [2.05, 4.69) is 43.4 Å². The van der Waals surface area contributed by atoms with Gasteiger partial charge in [-0.3, -0.25) is 15.2 Å². The lowest BCUT2D eigenvalue weighted by atomic mass is 9.46. The molecule has 5 aromatic rings. The van der Waals surface area contributed by atoms with Crippen LogP contribution in [0.5, 0.6) is 0 Å². The van der Waals surface area contributed by atoms with Crippen LogP contribution in [0.2, 0.25) is 0 Å². The number of H-pyrrole nitrogens is 1. The summed E-state index contributed by atoms with van der Waals surface area (Å²) in [5.41, 5.74) is 5.90. The first-order valence-corrected chi connectivity index (χ1v) is 19.5. The van der Waals surface area contributed by atoms with Crippen LogP contribution in [-0.4, -0.2) is 49.2 Å². The molecule has 4 aromatic heterocycles. The molecule has 1 amide bonds. The maximum atomic E-state index is 14.0. The van der Waals surface area contributed by atoms with Gasteiger partial charge in [0.15, 0.2) is 16.5 Å². The van der Waals surface area contributed by atoms with E-state index in [0.29, 0.717) is 35.2 Å². The number of nitrogens with one attached hydrogen (secondary N) is 2. The molecule has 268 valence electrons. The molecule has 4 fully saturated rings. The summed E-state index contributed by atoms with van der Waals surface area (Å²) in [6.07, 6.45) is 12.3. The maximum absolute atomic E-state index is 14.0. The Kier molecular flexibility index (Phi) is 7.98. The summed E-state index contributed by atoms with van der Waals surface area (Å²) in [4.78, 5) is 43.7. The average molecular weight is 716 g/mol. The third-order valence-electron chi connectivity index (χ3n) is 12.1. The fraction of sp³-hybridized carbons (Fsp3) is 0.463. The number of benzene rings is 1. The molecule has 0 radical (unpaired) electrons. The number of hydrogen-bond acceptors (Lipinski definition) is 9. The van der Waals surface area contributed by atoms with Gasteiger partial charge in [0.2, 0.25) is 0 Å². The van der Waals surface area contributed by atoms with Crippen LogP contribution in [0, 0.1) is 23.2 Å². The van der Waals surface area contributed by atoms with Crippen molar-refractivity contribution in [2.24, 2.45) is 23.2 Å². The fourth-order valence-corrected chi connectivity index (χ4v) is 11.0. The highest BCUT2D eigenvalue weighted by Gasteiger charge is 2.54. The topological polar surface area (TPSA) is 126 Å². The number of anilines is 2. The Morgan fingerprint density at radius 2 is 1.77 bits per heavy atom. The molecule has 4 aliphatic carbocycles. The molecule has 1 aliphatic heterocycles. The molecule has 5 aliphatic rings. The third kappa shape index (κ3) is 5.96. The number of esters is 1. The van der Waals surface area contributed by atoms with E-state index < -0.39 is 11.6 Å². The molecule has 1 aromatic carbocycles. The van der Waals surface area contributed by atoms with E-state index in [0.717, 1.165) is 56.8 Å². The predicted octanol–water partition coefficient (Wildman–Crippen LogP) is 8.57. The summed E-state index contributed by atoms with van der Waals surface area (Å²) in [6.45, 7) is 9.18. The average Bonchev–Trinajstić information content (AvgIpc) is 3.76. The van der Waals surface area contributed by atoms with Crippen LogP contribution in [0.15, 0.2) is 54.9 Å². The number of pyridine rings is 2. The van der Waals surface area contributed by atoms with Crippen molar-refractivity contribution >= 4 is 44.5 Å². The van der Waals surface area contributed by atoms with Crippen molar-refractivity contribution < 1.29 is 14.3 Å². The smallest absolute Gasteiger partial charge is 0.358 e. The number of aromatic amines is 1. The van der Waals surface area contributed by atoms with Gasteiger partial charge in [-0.05, 0) is 130 Å². The Balaban J connectivity index is 1.03. The molecule has 0 saturated heterocycles. The van der Waals surface area contributed by atoms with Gasteiger partial charge in [0.1, 0.15) is 11.4 Å². The SMILES string of the molecule is CC(c1[nH]ncc1-c1ccc(N2CCc3cccc(C(=O)Nc4nc5ncccc5s4)c3C2)nc1C(=O)OC(C)(C)C)C12CC3CC(CC(C3)C1)C2. The molecule has 1 unspecified atom stereocenters. The van der Waals surface area contributed by atoms with Crippen molar-refractivity contribution in [2.75, 3.05) is 16.8 Å². The van der Waals surface area contributed by atoms with Crippen LogP contribution in [0.3, 0.4) is 0 Å². The number of carbonyl (C=O) groups is 2. The van der Waals surface area contributed by atoms with Gasteiger partial charge in [-0.15, -0.1) is 0 Å². The minimum atomic E-state index is -0.691. The van der Waals surface area contributed by atoms with Gasteiger partial charge in [0.05, 0.1) is 10.9 Å². The number of hydrogen-bond donors (Lipinski definition) is 2. The first kappa shape index (κ1) is 33.2. The molecule has 52 heavy (non-hydrogen) atoms. The Morgan fingerprint density at radius 3 is 2.50 bits per heavy atom. The van der Waals surface area contributed by atoms with Gasteiger partial charge in [0.25, 0.3) is 5.91 Å². The van der Waals surface area contributed by atoms with Crippen LogP contribution >= 0.6 is 11.3 Å². The van der Waals surface area contributed by atoms with E-state index in [1.807, 2.05) is 63.4 Å². The van der Waals surface area contributed by atoms with Gasteiger partial charge in [-0.1, -0.05) is 30.4 Å². The van der Waals surface area contributed by atoms with Gasteiger partial charge < -0.3 is 9.64 Å². The number of aromatic nitrogens is 5. The van der Waals surface area contributed by atoms with Crippen LogP contribution in [0.4, 0.5) is 10.9 Å². The lowest BCUT2D eigenvalue weighted by Crippen LogP contribution is -2.48. The predicted molar refractivity (Wildman–Crippen MR) is 203 cm³/mol. The van der Waals surface area contributed by atoms with Crippen LogP contribution in [0.1, 0.15) is 110 Å². The minimum Gasteiger partial charge on any atom is -0.455 e. The van der Waals surface area contributed by atoms with E-state index in [9.17, 15) is 9.59 Å². The summed E-state index contributed by atoms with van der Waals surface area (Å²) in [6, 6.07) is 13.7. The summed E-state index contributed by atoms with van der Waals surface area (Å²) in [5.74, 6) is 2.80. The number of thiazole rings is 1. The van der Waals surface area contributed by atoms with Crippen molar-refractivity contribution in [3.63, 3.8) is 0 Å². The Hall–Kier alpha value is -4.64. The first-order valence-electron chi connectivity index (χ1n) is 18.7. The van der Waals surface area contributed by atoms with E-state index in [1.54, 1.807) is 6.20 Å². The third-order valence-corrected chi connectivity index (χ3v) is 13.0. The second kappa shape index (κ2) is 12.5. The van der Waals surface area contributed by atoms with E-state index in [4.69, 9.17) is 9.72 Å². The van der Waals surface area contributed by atoms with E-state index >= 15 is 0 Å².